The van der Waals surface area contributed by atoms with E-state index in [0.717, 1.165) is 6.29 Å². The fourth-order valence-corrected chi connectivity index (χ4v) is 1.31. The van der Waals surface area contributed by atoms with Gasteiger partial charge in [0.2, 0.25) is 0 Å². The first kappa shape index (κ1) is 8.38. The molecule has 13 heavy (non-hydrogen) atoms. The van der Waals surface area contributed by atoms with E-state index in [-0.39, 0.29) is 13.2 Å². The number of benzene rings is 1. The summed E-state index contributed by atoms with van der Waals surface area (Å²) >= 11 is 0. The number of halogens is 1. The topological polar surface area (TPSA) is 26.3 Å². The summed E-state index contributed by atoms with van der Waals surface area (Å²) < 4.78 is 18.5. The van der Waals surface area contributed by atoms with E-state index in [9.17, 15) is 9.18 Å². The standard InChI is InChI=1S/C10H9FO2/c11-10(6-13-7-10)9-3-1-8(5-12)2-4-9/h1-5H,6-7H2. The smallest absolute Gasteiger partial charge is 0.182 e. The molecule has 0 saturated carbocycles. The van der Waals surface area contributed by atoms with E-state index in [0.29, 0.717) is 11.1 Å². The van der Waals surface area contributed by atoms with Gasteiger partial charge in [0.05, 0.1) is 13.2 Å². The molecule has 0 aromatic heterocycles. The first-order valence-electron chi connectivity index (χ1n) is 4.07. The second-order valence-corrected chi connectivity index (χ2v) is 3.20. The highest BCUT2D eigenvalue weighted by molar-refractivity contribution is 5.74. The van der Waals surface area contributed by atoms with Gasteiger partial charge < -0.3 is 4.74 Å². The Labute approximate surface area is 75.3 Å². The molecule has 1 aromatic carbocycles. The highest BCUT2D eigenvalue weighted by Crippen LogP contribution is 2.33. The minimum atomic E-state index is -1.33. The largest absolute Gasteiger partial charge is 0.374 e. The molecule has 0 unspecified atom stereocenters. The minimum Gasteiger partial charge on any atom is -0.374 e. The Morgan fingerprint density at radius 1 is 1.31 bits per heavy atom. The lowest BCUT2D eigenvalue weighted by Crippen LogP contribution is -2.42. The average Bonchev–Trinajstić information content (AvgIpc) is 2.14. The lowest BCUT2D eigenvalue weighted by Gasteiger charge is -2.34. The lowest BCUT2D eigenvalue weighted by molar-refractivity contribution is -0.135. The second-order valence-electron chi connectivity index (χ2n) is 3.20. The van der Waals surface area contributed by atoms with Gasteiger partial charge in [-0.2, -0.15) is 0 Å². The summed E-state index contributed by atoms with van der Waals surface area (Å²) in [4.78, 5) is 10.3. The highest BCUT2D eigenvalue weighted by Gasteiger charge is 2.40. The average molecular weight is 180 g/mol. The number of ether oxygens (including phenoxy) is 1. The molecule has 0 spiro atoms. The van der Waals surface area contributed by atoms with Crippen LogP contribution in [0.3, 0.4) is 0 Å². The summed E-state index contributed by atoms with van der Waals surface area (Å²) in [5.41, 5.74) is -0.182. The molecular weight excluding hydrogens is 171 g/mol. The van der Waals surface area contributed by atoms with E-state index >= 15 is 0 Å². The normalized spacial score (nSPS) is 19.2. The van der Waals surface area contributed by atoms with E-state index in [1.54, 1.807) is 24.3 Å². The molecular formula is C10H9FO2. The van der Waals surface area contributed by atoms with Crippen molar-refractivity contribution >= 4 is 6.29 Å². The lowest BCUT2D eigenvalue weighted by atomic mass is 9.93. The van der Waals surface area contributed by atoms with Gasteiger partial charge in [0, 0.05) is 5.56 Å². The summed E-state index contributed by atoms with van der Waals surface area (Å²) in [5.74, 6) is 0. The van der Waals surface area contributed by atoms with Crippen LogP contribution < -0.4 is 0 Å². The zero-order chi connectivity index (χ0) is 9.31. The maximum atomic E-state index is 13.7. The molecule has 1 aliphatic heterocycles. The van der Waals surface area contributed by atoms with Crippen LogP contribution in [0.2, 0.25) is 0 Å². The number of hydrogen-bond acceptors (Lipinski definition) is 2. The van der Waals surface area contributed by atoms with Gasteiger partial charge in [0.15, 0.2) is 5.67 Å². The Kier molecular flexibility index (Phi) is 1.88. The molecule has 0 amide bonds. The Hall–Kier alpha value is -1.22. The van der Waals surface area contributed by atoms with Crippen LogP contribution in [0.15, 0.2) is 24.3 Å². The molecule has 0 bridgehead atoms. The van der Waals surface area contributed by atoms with Gasteiger partial charge >= 0.3 is 0 Å². The van der Waals surface area contributed by atoms with E-state index < -0.39 is 5.67 Å². The first-order valence-corrected chi connectivity index (χ1v) is 4.07. The van der Waals surface area contributed by atoms with E-state index in [2.05, 4.69) is 0 Å². The zero-order valence-electron chi connectivity index (χ0n) is 7.00. The number of carbonyl (C=O) groups is 1. The second kappa shape index (κ2) is 2.92. The van der Waals surface area contributed by atoms with Gasteiger partial charge in [-0.25, -0.2) is 4.39 Å². The van der Waals surface area contributed by atoms with Crippen molar-refractivity contribution in [2.45, 2.75) is 5.67 Å². The van der Waals surface area contributed by atoms with Crippen LogP contribution in [0.1, 0.15) is 15.9 Å². The quantitative estimate of drug-likeness (QED) is 0.647. The highest BCUT2D eigenvalue weighted by atomic mass is 19.1. The van der Waals surface area contributed by atoms with Crippen LogP contribution in [0.5, 0.6) is 0 Å². The molecule has 2 rings (SSSR count). The maximum absolute atomic E-state index is 13.7. The molecule has 0 aliphatic carbocycles. The fraction of sp³-hybridized carbons (Fsp3) is 0.300. The Morgan fingerprint density at radius 3 is 2.31 bits per heavy atom. The minimum absolute atomic E-state index is 0.118. The summed E-state index contributed by atoms with van der Waals surface area (Å²) in [6.07, 6.45) is 0.742. The van der Waals surface area contributed by atoms with Crippen LogP contribution in [0, 0.1) is 0 Å². The monoisotopic (exact) mass is 180 g/mol. The van der Waals surface area contributed by atoms with E-state index in [4.69, 9.17) is 4.74 Å². The predicted molar refractivity (Wildman–Crippen MR) is 45.4 cm³/mol. The first-order chi connectivity index (χ1) is 6.24. The number of alkyl halides is 1. The van der Waals surface area contributed by atoms with Gasteiger partial charge in [-0.3, -0.25) is 4.79 Å². The molecule has 1 fully saturated rings. The molecule has 1 saturated heterocycles. The molecule has 1 aliphatic rings. The Morgan fingerprint density at radius 2 is 1.92 bits per heavy atom. The van der Waals surface area contributed by atoms with Crippen LogP contribution in [-0.4, -0.2) is 19.5 Å². The summed E-state index contributed by atoms with van der Waals surface area (Å²) in [6.45, 7) is 0.237. The number of carbonyl (C=O) groups excluding carboxylic acids is 1. The van der Waals surface area contributed by atoms with Crippen molar-refractivity contribution in [3.05, 3.63) is 35.4 Å². The van der Waals surface area contributed by atoms with Crippen LogP contribution in [0.25, 0.3) is 0 Å². The van der Waals surface area contributed by atoms with E-state index in [1.165, 1.54) is 0 Å². The third-order valence-electron chi connectivity index (χ3n) is 2.23. The predicted octanol–water partition coefficient (Wildman–Crippen LogP) is 1.69. The van der Waals surface area contributed by atoms with E-state index in [1.807, 2.05) is 0 Å². The van der Waals surface area contributed by atoms with Crippen molar-refractivity contribution in [2.75, 3.05) is 13.2 Å². The molecule has 68 valence electrons. The SMILES string of the molecule is O=Cc1ccc(C2(F)COC2)cc1. The van der Waals surface area contributed by atoms with Crippen LogP contribution >= 0.6 is 0 Å². The summed E-state index contributed by atoms with van der Waals surface area (Å²) in [7, 11) is 0. The molecule has 1 aromatic rings. The van der Waals surface area contributed by atoms with Crippen LogP contribution in [0.4, 0.5) is 4.39 Å². The third kappa shape index (κ3) is 1.35. The number of aldehydes is 1. The van der Waals surface area contributed by atoms with Crippen molar-refractivity contribution in [1.82, 2.24) is 0 Å². The molecule has 1 heterocycles. The van der Waals surface area contributed by atoms with Gasteiger partial charge in [-0.15, -0.1) is 0 Å². The molecule has 0 atom stereocenters. The summed E-state index contributed by atoms with van der Waals surface area (Å²) in [6, 6.07) is 6.49. The van der Waals surface area contributed by atoms with Crippen molar-refractivity contribution in [3.63, 3.8) is 0 Å². The van der Waals surface area contributed by atoms with Gasteiger partial charge in [-0.05, 0) is 5.56 Å². The molecule has 0 radical (unpaired) electrons. The third-order valence-corrected chi connectivity index (χ3v) is 2.23. The van der Waals surface area contributed by atoms with Crippen molar-refractivity contribution in [1.29, 1.82) is 0 Å². The van der Waals surface area contributed by atoms with Gasteiger partial charge in [0.1, 0.15) is 6.29 Å². The molecule has 2 nitrogen and oxygen atoms in total. The van der Waals surface area contributed by atoms with Crippen molar-refractivity contribution < 1.29 is 13.9 Å². The summed E-state index contributed by atoms with van der Waals surface area (Å²) in [5, 5.41) is 0. The number of rotatable bonds is 2. The van der Waals surface area contributed by atoms with Crippen molar-refractivity contribution in [3.8, 4) is 0 Å². The van der Waals surface area contributed by atoms with Crippen molar-refractivity contribution in [2.24, 2.45) is 0 Å². The fourth-order valence-electron chi connectivity index (χ4n) is 1.31. The maximum Gasteiger partial charge on any atom is 0.182 e. The zero-order valence-corrected chi connectivity index (χ0v) is 7.00. The molecule has 0 N–H and O–H groups in total. The number of hydrogen-bond donors (Lipinski definition) is 0. The Bertz CT molecular complexity index is 314. The Balaban J connectivity index is 2.27. The van der Waals surface area contributed by atoms with Crippen LogP contribution in [-0.2, 0) is 10.4 Å². The van der Waals surface area contributed by atoms with Gasteiger partial charge in [-0.1, -0.05) is 24.3 Å². The molecule has 3 heteroatoms. The van der Waals surface area contributed by atoms with Gasteiger partial charge in [0.25, 0.3) is 0 Å².